The second-order valence-corrected chi connectivity index (χ2v) is 11.5. The van der Waals surface area contributed by atoms with Crippen molar-refractivity contribution in [2.75, 3.05) is 51.0 Å². The molecule has 1 aliphatic rings. The van der Waals surface area contributed by atoms with Crippen molar-refractivity contribution in [2.24, 2.45) is 5.73 Å². The highest BCUT2D eigenvalue weighted by molar-refractivity contribution is 6.03. The maximum atomic E-state index is 13.2. The first-order valence-corrected chi connectivity index (χ1v) is 14.4. The molecule has 1 aliphatic heterocycles. The van der Waals surface area contributed by atoms with E-state index in [0.717, 1.165) is 37.1 Å². The van der Waals surface area contributed by atoms with Crippen LogP contribution in [0.1, 0.15) is 79.1 Å². The molecule has 228 valence electrons. The van der Waals surface area contributed by atoms with Gasteiger partial charge in [0, 0.05) is 13.0 Å². The Morgan fingerprint density at radius 1 is 0.952 bits per heavy atom. The van der Waals surface area contributed by atoms with Crippen molar-refractivity contribution in [1.29, 1.82) is 0 Å². The van der Waals surface area contributed by atoms with Crippen molar-refractivity contribution in [2.45, 2.75) is 65.1 Å². The summed E-state index contributed by atoms with van der Waals surface area (Å²) in [6.07, 6.45) is 2.35. The van der Waals surface area contributed by atoms with Gasteiger partial charge in [-0.2, -0.15) is 9.97 Å². The van der Waals surface area contributed by atoms with Crippen LogP contribution in [0.15, 0.2) is 28.7 Å². The number of hydrogen-bond acceptors (Lipinski definition) is 10. The lowest BCUT2D eigenvalue weighted by Gasteiger charge is -2.24. The molecule has 1 amide bonds. The second kappa shape index (κ2) is 13.1. The van der Waals surface area contributed by atoms with E-state index in [4.69, 9.17) is 24.4 Å². The molecular weight excluding hydrogens is 536 g/mol. The Morgan fingerprint density at radius 3 is 2.24 bits per heavy atom. The molecule has 0 bridgehead atoms. The number of hydrogen-bond donors (Lipinski definition) is 4. The summed E-state index contributed by atoms with van der Waals surface area (Å²) >= 11 is 0. The summed E-state index contributed by atoms with van der Waals surface area (Å²) < 4.78 is 23.2. The molecule has 42 heavy (non-hydrogen) atoms. The number of fused-ring (bicyclic) bond motifs is 1. The third kappa shape index (κ3) is 7.03. The van der Waals surface area contributed by atoms with E-state index in [1.165, 1.54) is 25.3 Å². The lowest BCUT2D eigenvalue weighted by atomic mass is 9.86. The van der Waals surface area contributed by atoms with Crippen molar-refractivity contribution in [1.82, 2.24) is 15.3 Å². The van der Waals surface area contributed by atoms with Crippen molar-refractivity contribution < 1.29 is 23.4 Å². The van der Waals surface area contributed by atoms with Crippen LogP contribution >= 0.6 is 0 Å². The van der Waals surface area contributed by atoms with E-state index < -0.39 is 5.91 Å². The Balaban J connectivity index is 1.44. The molecule has 4 rings (SSSR count). The van der Waals surface area contributed by atoms with Gasteiger partial charge in [-0.3, -0.25) is 4.79 Å². The molecule has 0 saturated heterocycles. The molecule has 3 heterocycles. The number of nitrogens with one attached hydrogen (secondary N) is 3. The van der Waals surface area contributed by atoms with E-state index in [-0.39, 0.29) is 34.4 Å². The average molecular weight is 581 g/mol. The molecule has 2 aromatic heterocycles. The van der Waals surface area contributed by atoms with Gasteiger partial charge in [-0.1, -0.05) is 12.1 Å². The molecule has 0 spiro atoms. The number of furan rings is 1. The van der Waals surface area contributed by atoms with Crippen LogP contribution in [-0.2, 0) is 22.4 Å². The maximum absolute atomic E-state index is 13.2. The fraction of sp³-hybridized carbons (Fsp3) is 0.516. The standard InChI is InChI=1S/C31H44N6O5/c1-19-16-22-23(31(4,5)42-30(22,2)3)18-20(19)17-21-10-11-24(41-21)26(38)35-25-27(39-6)36-29(37-28(25)40-7)34-15-9-14-33-13-8-12-32/h10-11,16,18,33H,8-9,12-15,17,32H2,1-7H3,(H,35,38)(H,34,36,37). The number of benzene rings is 1. The molecule has 11 nitrogen and oxygen atoms in total. The SMILES string of the molecule is COc1nc(NCCCNCCCN)nc(OC)c1NC(=O)c1ccc(Cc2cc3c(cc2C)C(C)(C)OC3(C)C)o1. The molecular formula is C31H44N6O5. The normalized spacial score (nSPS) is 14.9. The zero-order valence-electron chi connectivity index (χ0n) is 25.8. The van der Waals surface area contributed by atoms with Crippen LogP contribution in [-0.4, -0.2) is 56.3 Å². The zero-order chi connectivity index (χ0) is 30.5. The molecule has 3 aromatic rings. The molecule has 0 unspecified atom stereocenters. The topological polar surface area (TPSA) is 146 Å². The summed E-state index contributed by atoms with van der Waals surface area (Å²) in [4.78, 5) is 22.0. The first-order valence-electron chi connectivity index (χ1n) is 14.4. The van der Waals surface area contributed by atoms with Crippen molar-refractivity contribution in [3.63, 3.8) is 0 Å². The van der Waals surface area contributed by atoms with Gasteiger partial charge in [-0.25, -0.2) is 0 Å². The Kier molecular flexibility index (Phi) is 9.75. The number of aryl methyl sites for hydroxylation is 1. The zero-order valence-corrected chi connectivity index (χ0v) is 25.8. The Morgan fingerprint density at radius 2 is 1.60 bits per heavy atom. The molecule has 1 aromatic carbocycles. The number of nitrogens with zero attached hydrogens (tertiary/aromatic N) is 2. The average Bonchev–Trinajstić information content (AvgIpc) is 3.48. The number of rotatable bonds is 14. The van der Waals surface area contributed by atoms with Crippen molar-refractivity contribution in [3.8, 4) is 11.8 Å². The minimum atomic E-state index is -0.465. The summed E-state index contributed by atoms with van der Waals surface area (Å²) in [7, 11) is 2.94. The summed E-state index contributed by atoms with van der Waals surface area (Å²) in [5.41, 5.74) is 9.64. The highest BCUT2D eigenvalue weighted by Crippen LogP contribution is 2.47. The summed E-state index contributed by atoms with van der Waals surface area (Å²) in [5, 5.41) is 9.28. The van der Waals surface area contributed by atoms with Crippen LogP contribution in [0, 0.1) is 6.92 Å². The quantitative estimate of drug-likeness (QED) is 0.201. The maximum Gasteiger partial charge on any atom is 0.291 e. The fourth-order valence-corrected chi connectivity index (χ4v) is 5.31. The number of nitrogens with two attached hydrogens (primary N) is 1. The van der Waals surface area contributed by atoms with E-state index in [9.17, 15) is 4.79 Å². The molecule has 0 aliphatic carbocycles. The van der Waals surface area contributed by atoms with Gasteiger partial charge in [0.15, 0.2) is 11.4 Å². The number of anilines is 2. The van der Waals surface area contributed by atoms with Crippen molar-refractivity contribution in [3.05, 3.63) is 58.0 Å². The van der Waals surface area contributed by atoms with E-state index in [1.807, 2.05) is 6.07 Å². The number of carbonyl (C=O) groups excluding carboxylic acids is 1. The fourth-order valence-electron chi connectivity index (χ4n) is 5.31. The van der Waals surface area contributed by atoms with Crippen LogP contribution in [0.4, 0.5) is 11.6 Å². The van der Waals surface area contributed by atoms with Gasteiger partial charge in [-0.15, -0.1) is 0 Å². The van der Waals surface area contributed by atoms with Crippen LogP contribution < -0.4 is 31.2 Å². The Hall–Kier alpha value is -3.67. The van der Waals surface area contributed by atoms with E-state index >= 15 is 0 Å². The number of aromatic nitrogens is 2. The molecule has 11 heteroatoms. The number of carbonyl (C=O) groups is 1. The van der Waals surface area contributed by atoms with Crippen LogP contribution in [0.5, 0.6) is 11.8 Å². The molecule has 5 N–H and O–H groups in total. The third-order valence-corrected chi connectivity index (χ3v) is 7.37. The van der Waals surface area contributed by atoms with Gasteiger partial charge < -0.3 is 40.3 Å². The van der Waals surface area contributed by atoms with E-state index in [2.05, 4.69) is 72.7 Å². The minimum absolute atomic E-state index is 0.155. The lowest BCUT2D eigenvalue weighted by molar-refractivity contribution is -0.105. The van der Waals surface area contributed by atoms with Crippen LogP contribution in [0.3, 0.4) is 0 Å². The Labute approximate surface area is 247 Å². The van der Waals surface area contributed by atoms with Gasteiger partial charge in [0.1, 0.15) is 5.76 Å². The summed E-state index contributed by atoms with van der Waals surface area (Å²) in [6.45, 7) is 13.5. The largest absolute Gasteiger partial charge is 0.479 e. The smallest absolute Gasteiger partial charge is 0.291 e. The predicted molar refractivity (Wildman–Crippen MR) is 163 cm³/mol. The first-order chi connectivity index (χ1) is 20.0. The number of ether oxygens (including phenoxy) is 3. The molecule has 0 atom stereocenters. The first kappa shape index (κ1) is 31.3. The second-order valence-electron chi connectivity index (χ2n) is 11.5. The van der Waals surface area contributed by atoms with Gasteiger partial charge in [-0.05, 0) is 101 Å². The molecule has 0 radical (unpaired) electrons. The van der Waals surface area contributed by atoms with Gasteiger partial charge >= 0.3 is 0 Å². The molecule has 0 saturated carbocycles. The lowest BCUT2D eigenvalue weighted by Crippen LogP contribution is -2.22. The van der Waals surface area contributed by atoms with Crippen LogP contribution in [0.25, 0.3) is 0 Å². The monoisotopic (exact) mass is 580 g/mol. The predicted octanol–water partition coefficient (Wildman–Crippen LogP) is 4.48. The van der Waals surface area contributed by atoms with E-state index in [1.54, 1.807) is 6.07 Å². The van der Waals surface area contributed by atoms with Gasteiger partial charge in [0.25, 0.3) is 5.91 Å². The van der Waals surface area contributed by atoms with Gasteiger partial charge in [0.2, 0.25) is 17.7 Å². The third-order valence-electron chi connectivity index (χ3n) is 7.37. The summed E-state index contributed by atoms with van der Waals surface area (Å²) in [6, 6.07) is 7.87. The van der Waals surface area contributed by atoms with Gasteiger partial charge in [0.05, 0.1) is 25.4 Å². The van der Waals surface area contributed by atoms with Crippen LogP contribution in [0.2, 0.25) is 0 Å². The molecule has 0 fully saturated rings. The highest BCUT2D eigenvalue weighted by atomic mass is 16.5. The highest BCUT2D eigenvalue weighted by Gasteiger charge is 2.43. The summed E-state index contributed by atoms with van der Waals surface area (Å²) in [5.74, 6) is 1.05. The minimum Gasteiger partial charge on any atom is -0.479 e. The van der Waals surface area contributed by atoms with E-state index in [0.29, 0.717) is 31.2 Å². The number of amides is 1. The Bertz CT molecular complexity index is 1380. The number of methoxy groups -OCH3 is 2. The van der Waals surface area contributed by atoms with Crippen molar-refractivity contribution >= 4 is 17.5 Å².